The molecule has 21 heavy (non-hydrogen) atoms. The Hall–Kier alpha value is -2.66. The zero-order valence-corrected chi connectivity index (χ0v) is 11.6. The van der Waals surface area contributed by atoms with Gasteiger partial charge in [0.25, 0.3) is 0 Å². The van der Waals surface area contributed by atoms with Crippen LogP contribution in [-0.2, 0) is 0 Å². The van der Waals surface area contributed by atoms with Crippen LogP contribution in [0.2, 0.25) is 5.15 Å². The highest BCUT2D eigenvalue weighted by Gasteiger charge is 2.05. The molecule has 3 aromatic rings. The fraction of sp³-hybridized carbons (Fsp3) is 0. The summed E-state index contributed by atoms with van der Waals surface area (Å²) >= 11 is 5.73. The van der Waals surface area contributed by atoms with Gasteiger partial charge in [0.05, 0.1) is 0 Å². The van der Waals surface area contributed by atoms with Crippen LogP contribution in [0.25, 0.3) is 10.8 Å². The van der Waals surface area contributed by atoms with Crippen LogP contribution in [0.1, 0.15) is 0 Å². The molecular weight excluding hydrogens is 288 g/mol. The van der Waals surface area contributed by atoms with E-state index in [0.717, 1.165) is 10.8 Å². The van der Waals surface area contributed by atoms with Gasteiger partial charge in [-0.15, -0.1) is 0 Å². The van der Waals surface area contributed by atoms with Gasteiger partial charge in [-0.1, -0.05) is 41.9 Å². The van der Waals surface area contributed by atoms with Gasteiger partial charge in [0, 0.05) is 11.9 Å². The summed E-state index contributed by atoms with van der Waals surface area (Å²) in [6.45, 7) is 0. The standard InChI is InChI=1S/C15H11ClN4O/c16-13-7-8-17-14(19-13)20-15(21)18-12-6-5-10-3-1-2-4-11(10)9-12/h1-9H,(H2,17,18,19,20,21). The SMILES string of the molecule is O=C(Nc1ccc2ccccc2c1)Nc1nccc(Cl)n1. The van der Waals surface area contributed by atoms with Crippen molar-refractivity contribution in [2.75, 3.05) is 10.6 Å². The largest absolute Gasteiger partial charge is 0.326 e. The lowest BCUT2D eigenvalue weighted by atomic mass is 10.1. The molecule has 104 valence electrons. The number of aromatic nitrogens is 2. The fourth-order valence-electron chi connectivity index (χ4n) is 1.93. The number of urea groups is 1. The normalized spacial score (nSPS) is 10.3. The van der Waals surface area contributed by atoms with E-state index in [1.165, 1.54) is 12.3 Å². The third-order valence-corrected chi connectivity index (χ3v) is 3.06. The number of halogens is 1. The molecule has 5 nitrogen and oxygen atoms in total. The number of amides is 2. The summed E-state index contributed by atoms with van der Waals surface area (Å²) in [5.74, 6) is 0.154. The van der Waals surface area contributed by atoms with Crippen molar-refractivity contribution in [1.82, 2.24) is 9.97 Å². The number of carbonyl (C=O) groups excluding carboxylic acids is 1. The Morgan fingerprint density at radius 3 is 2.62 bits per heavy atom. The third-order valence-electron chi connectivity index (χ3n) is 2.85. The van der Waals surface area contributed by atoms with Crippen molar-refractivity contribution in [2.45, 2.75) is 0 Å². The van der Waals surface area contributed by atoms with Gasteiger partial charge < -0.3 is 5.32 Å². The Bertz CT molecular complexity index is 806. The minimum Gasteiger partial charge on any atom is -0.308 e. The number of carbonyl (C=O) groups is 1. The first-order valence-electron chi connectivity index (χ1n) is 6.26. The van der Waals surface area contributed by atoms with Crippen LogP contribution < -0.4 is 10.6 Å². The molecule has 1 aromatic heterocycles. The van der Waals surface area contributed by atoms with Crippen molar-refractivity contribution in [3.63, 3.8) is 0 Å². The van der Waals surface area contributed by atoms with E-state index >= 15 is 0 Å². The molecule has 0 unspecified atom stereocenters. The predicted molar refractivity (Wildman–Crippen MR) is 83.6 cm³/mol. The van der Waals surface area contributed by atoms with Crippen LogP contribution in [0.15, 0.2) is 54.7 Å². The molecule has 0 radical (unpaired) electrons. The second-order valence-electron chi connectivity index (χ2n) is 4.34. The smallest absolute Gasteiger partial charge is 0.308 e. The van der Waals surface area contributed by atoms with E-state index in [0.29, 0.717) is 5.69 Å². The second kappa shape index (κ2) is 5.76. The van der Waals surface area contributed by atoms with Crippen molar-refractivity contribution < 1.29 is 4.79 Å². The van der Waals surface area contributed by atoms with E-state index < -0.39 is 6.03 Å². The molecule has 0 saturated heterocycles. The fourth-order valence-corrected chi connectivity index (χ4v) is 2.06. The number of nitrogens with zero attached hydrogens (tertiary/aromatic N) is 2. The highest BCUT2D eigenvalue weighted by atomic mass is 35.5. The average molecular weight is 299 g/mol. The third kappa shape index (κ3) is 3.27. The summed E-state index contributed by atoms with van der Waals surface area (Å²) in [4.78, 5) is 19.7. The van der Waals surface area contributed by atoms with Crippen LogP contribution in [0.3, 0.4) is 0 Å². The Balaban J connectivity index is 1.74. The average Bonchev–Trinajstić information content (AvgIpc) is 2.47. The number of fused-ring (bicyclic) bond motifs is 1. The summed E-state index contributed by atoms with van der Waals surface area (Å²) in [6.07, 6.45) is 1.47. The molecule has 0 bridgehead atoms. The molecule has 0 atom stereocenters. The number of hydrogen-bond donors (Lipinski definition) is 2. The maximum absolute atomic E-state index is 11.9. The second-order valence-corrected chi connectivity index (χ2v) is 4.73. The molecule has 6 heteroatoms. The molecule has 2 aromatic carbocycles. The lowest BCUT2D eigenvalue weighted by molar-refractivity contribution is 0.262. The number of nitrogens with one attached hydrogen (secondary N) is 2. The molecule has 0 saturated carbocycles. The van der Waals surface area contributed by atoms with Gasteiger partial charge in [0.15, 0.2) is 0 Å². The van der Waals surface area contributed by atoms with E-state index in [9.17, 15) is 4.79 Å². The maximum atomic E-state index is 11.9. The molecule has 1 heterocycles. The number of anilines is 2. The summed E-state index contributed by atoms with van der Waals surface area (Å²) in [6, 6.07) is 14.7. The first-order chi connectivity index (χ1) is 10.2. The molecule has 0 spiro atoms. The number of rotatable bonds is 2. The van der Waals surface area contributed by atoms with E-state index in [1.807, 2.05) is 42.5 Å². The Labute approximate surface area is 126 Å². The highest BCUT2D eigenvalue weighted by molar-refractivity contribution is 6.29. The summed E-state index contributed by atoms with van der Waals surface area (Å²) in [5.41, 5.74) is 0.688. The quantitative estimate of drug-likeness (QED) is 0.704. The van der Waals surface area contributed by atoms with Gasteiger partial charge in [-0.05, 0) is 29.0 Å². The topological polar surface area (TPSA) is 66.9 Å². The molecule has 0 aliphatic rings. The van der Waals surface area contributed by atoms with Crippen molar-refractivity contribution >= 4 is 40.0 Å². The monoisotopic (exact) mass is 298 g/mol. The number of benzene rings is 2. The first-order valence-corrected chi connectivity index (χ1v) is 6.64. The van der Waals surface area contributed by atoms with Gasteiger partial charge in [-0.25, -0.2) is 14.8 Å². The van der Waals surface area contributed by atoms with Gasteiger partial charge in [-0.2, -0.15) is 0 Å². The molecule has 0 aliphatic carbocycles. The highest BCUT2D eigenvalue weighted by Crippen LogP contribution is 2.19. The van der Waals surface area contributed by atoms with E-state index in [1.54, 1.807) is 0 Å². The summed E-state index contributed by atoms with van der Waals surface area (Å²) < 4.78 is 0. The van der Waals surface area contributed by atoms with E-state index in [-0.39, 0.29) is 11.1 Å². The van der Waals surface area contributed by atoms with Crippen LogP contribution >= 0.6 is 11.6 Å². The zero-order chi connectivity index (χ0) is 14.7. The summed E-state index contributed by atoms with van der Waals surface area (Å²) in [5, 5.41) is 7.68. The van der Waals surface area contributed by atoms with Crippen molar-refractivity contribution in [1.29, 1.82) is 0 Å². The maximum Gasteiger partial charge on any atom is 0.326 e. The lowest BCUT2D eigenvalue weighted by Gasteiger charge is -2.07. The lowest BCUT2D eigenvalue weighted by Crippen LogP contribution is -2.20. The first kappa shape index (κ1) is 13.3. The van der Waals surface area contributed by atoms with Gasteiger partial charge in [-0.3, -0.25) is 5.32 Å². The van der Waals surface area contributed by atoms with Crippen LogP contribution in [0.4, 0.5) is 16.4 Å². The van der Waals surface area contributed by atoms with Crippen LogP contribution in [0, 0.1) is 0 Å². The van der Waals surface area contributed by atoms with Crippen molar-refractivity contribution in [3.05, 3.63) is 59.9 Å². The molecule has 2 amide bonds. The van der Waals surface area contributed by atoms with Crippen LogP contribution in [-0.4, -0.2) is 16.0 Å². The minimum atomic E-state index is -0.424. The van der Waals surface area contributed by atoms with Gasteiger partial charge >= 0.3 is 6.03 Å². The summed E-state index contributed by atoms with van der Waals surface area (Å²) in [7, 11) is 0. The molecule has 3 rings (SSSR count). The van der Waals surface area contributed by atoms with Crippen LogP contribution in [0.5, 0.6) is 0 Å². The zero-order valence-electron chi connectivity index (χ0n) is 10.9. The predicted octanol–water partition coefficient (Wildman–Crippen LogP) is 3.93. The van der Waals surface area contributed by atoms with Gasteiger partial charge in [0.2, 0.25) is 5.95 Å². The van der Waals surface area contributed by atoms with Gasteiger partial charge in [0.1, 0.15) is 5.15 Å². The molecule has 0 fully saturated rings. The minimum absolute atomic E-state index is 0.154. The van der Waals surface area contributed by atoms with E-state index in [2.05, 4.69) is 20.6 Å². The Kier molecular flexibility index (Phi) is 3.66. The van der Waals surface area contributed by atoms with Crippen molar-refractivity contribution in [2.24, 2.45) is 0 Å². The molecular formula is C15H11ClN4O. The Morgan fingerprint density at radius 2 is 1.81 bits per heavy atom. The molecule has 2 N–H and O–H groups in total. The molecule has 0 aliphatic heterocycles. The Morgan fingerprint density at radius 1 is 1.00 bits per heavy atom. The van der Waals surface area contributed by atoms with E-state index in [4.69, 9.17) is 11.6 Å². The number of hydrogen-bond acceptors (Lipinski definition) is 3. The van der Waals surface area contributed by atoms with Crippen molar-refractivity contribution in [3.8, 4) is 0 Å².